The molecule has 2 aliphatic rings. The van der Waals surface area contributed by atoms with Crippen LogP contribution in [0.3, 0.4) is 0 Å². The summed E-state index contributed by atoms with van der Waals surface area (Å²) in [5, 5.41) is 3.75. The molecule has 0 bridgehead atoms. The molecule has 1 atom stereocenters. The molecular formula is C15H21N. The highest BCUT2D eigenvalue weighted by Gasteiger charge is 2.45. The van der Waals surface area contributed by atoms with Crippen molar-refractivity contribution >= 4 is 0 Å². The summed E-state index contributed by atoms with van der Waals surface area (Å²) < 4.78 is 0. The van der Waals surface area contributed by atoms with E-state index in [1.54, 1.807) is 11.1 Å². The van der Waals surface area contributed by atoms with Crippen LogP contribution in [0, 0.1) is 11.3 Å². The molecule has 0 heterocycles. The van der Waals surface area contributed by atoms with Crippen molar-refractivity contribution < 1.29 is 0 Å². The number of hydrogen-bond donors (Lipinski definition) is 1. The van der Waals surface area contributed by atoms with Gasteiger partial charge in [-0.2, -0.15) is 0 Å². The summed E-state index contributed by atoms with van der Waals surface area (Å²) in [4.78, 5) is 0. The third-order valence-electron chi connectivity index (χ3n) is 4.42. The lowest BCUT2D eigenvalue weighted by atomic mass is 10.1. The maximum atomic E-state index is 3.75. The number of fused-ring (bicyclic) bond motifs is 1. The first-order valence-corrected chi connectivity index (χ1v) is 6.45. The molecule has 0 aliphatic heterocycles. The second-order valence-electron chi connectivity index (χ2n) is 6.17. The van der Waals surface area contributed by atoms with Crippen molar-refractivity contribution in [3.63, 3.8) is 0 Å². The highest BCUT2D eigenvalue weighted by Crippen LogP contribution is 2.51. The summed E-state index contributed by atoms with van der Waals surface area (Å²) in [6.07, 6.45) is 3.85. The van der Waals surface area contributed by atoms with E-state index in [2.05, 4.69) is 43.4 Å². The third-order valence-corrected chi connectivity index (χ3v) is 4.42. The molecule has 3 rings (SSSR count). The van der Waals surface area contributed by atoms with Crippen molar-refractivity contribution in [2.24, 2.45) is 11.3 Å². The van der Waals surface area contributed by atoms with Crippen molar-refractivity contribution in [2.75, 3.05) is 6.54 Å². The first kappa shape index (κ1) is 10.3. The van der Waals surface area contributed by atoms with Crippen LogP contribution >= 0.6 is 0 Å². The van der Waals surface area contributed by atoms with Gasteiger partial charge in [-0.25, -0.2) is 0 Å². The van der Waals surface area contributed by atoms with Gasteiger partial charge in [-0.05, 0) is 48.3 Å². The molecule has 1 saturated carbocycles. The Labute approximate surface area is 98.3 Å². The standard InChI is InChI=1S/C15H21N/c1-15(2)9-13(15)10-16-14-7-11-5-3-4-6-12(11)8-14/h3-6,13-14,16H,7-10H2,1-2H3. The molecule has 1 nitrogen and oxygen atoms in total. The van der Waals surface area contributed by atoms with Gasteiger partial charge in [0.2, 0.25) is 0 Å². The molecule has 0 aromatic heterocycles. The fourth-order valence-corrected chi connectivity index (χ4v) is 2.94. The Morgan fingerprint density at radius 3 is 2.25 bits per heavy atom. The summed E-state index contributed by atoms with van der Waals surface area (Å²) in [6, 6.07) is 9.56. The summed E-state index contributed by atoms with van der Waals surface area (Å²) in [5.74, 6) is 0.913. The fraction of sp³-hybridized carbons (Fsp3) is 0.600. The average Bonchev–Trinajstić information content (AvgIpc) is 2.72. The van der Waals surface area contributed by atoms with Crippen molar-refractivity contribution in [1.82, 2.24) is 5.32 Å². The minimum Gasteiger partial charge on any atom is -0.313 e. The van der Waals surface area contributed by atoms with Gasteiger partial charge in [-0.3, -0.25) is 0 Å². The molecule has 1 aromatic carbocycles. The van der Waals surface area contributed by atoms with Gasteiger partial charge >= 0.3 is 0 Å². The van der Waals surface area contributed by atoms with Gasteiger partial charge in [-0.1, -0.05) is 38.1 Å². The highest BCUT2D eigenvalue weighted by atomic mass is 14.9. The average molecular weight is 215 g/mol. The van der Waals surface area contributed by atoms with Gasteiger partial charge in [0.05, 0.1) is 0 Å². The maximum Gasteiger partial charge on any atom is 0.0148 e. The smallest absolute Gasteiger partial charge is 0.0148 e. The van der Waals surface area contributed by atoms with E-state index in [0.717, 1.165) is 5.92 Å². The number of rotatable bonds is 3. The molecule has 1 heteroatoms. The van der Waals surface area contributed by atoms with Crippen LogP contribution in [-0.2, 0) is 12.8 Å². The van der Waals surface area contributed by atoms with E-state index < -0.39 is 0 Å². The highest BCUT2D eigenvalue weighted by molar-refractivity contribution is 5.33. The largest absolute Gasteiger partial charge is 0.313 e. The van der Waals surface area contributed by atoms with E-state index in [-0.39, 0.29) is 0 Å². The van der Waals surface area contributed by atoms with E-state index >= 15 is 0 Å². The minimum absolute atomic E-state index is 0.610. The molecule has 1 fully saturated rings. The van der Waals surface area contributed by atoms with Gasteiger partial charge in [0.15, 0.2) is 0 Å². The minimum atomic E-state index is 0.610. The van der Waals surface area contributed by atoms with Crippen LogP contribution in [0.2, 0.25) is 0 Å². The molecule has 86 valence electrons. The SMILES string of the molecule is CC1(C)CC1CNC1Cc2ccccc2C1. The van der Waals surface area contributed by atoms with E-state index in [4.69, 9.17) is 0 Å². The van der Waals surface area contributed by atoms with E-state index in [1.807, 2.05) is 0 Å². The monoisotopic (exact) mass is 215 g/mol. The molecule has 16 heavy (non-hydrogen) atoms. The van der Waals surface area contributed by atoms with Gasteiger partial charge in [0.1, 0.15) is 0 Å². The number of nitrogens with one attached hydrogen (secondary N) is 1. The van der Waals surface area contributed by atoms with E-state index in [9.17, 15) is 0 Å². The Morgan fingerprint density at radius 1 is 1.19 bits per heavy atom. The number of hydrogen-bond acceptors (Lipinski definition) is 1. The molecule has 2 aliphatic carbocycles. The molecule has 1 aromatic rings. The summed E-state index contributed by atoms with van der Waals surface area (Å²) in [5.41, 5.74) is 3.71. The topological polar surface area (TPSA) is 12.0 Å². The Bertz CT molecular complexity index is 369. The molecule has 0 radical (unpaired) electrons. The van der Waals surface area contributed by atoms with Crippen molar-refractivity contribution in [2.45, 2.75) is 39.2 Å². The van der Waals surface area contributed by atoms with Crippen LogP contribution in [0.4, 0.5) is 0 Å². The van der Waals surface area contributed by atoms with Crippen molar-refractivity contribution in [3.8, 4) is 0 Å². The number of benzene rings is 1. The Morgan fingerprint density at radius 2 is 1.75 bits per heavy atom. The predicted molar refractivity (Wildman–Crippen MR) is 67.5 cm³/mol. The molecular weight excluding hydrogens is 194 g/mol. The van der Waals surface area contributed by atoms with E-state index in [1.165, 1.54) is 25.8 Å². The summed E-state index contributed by atoms with van der Waals surface area (Å²) in [7, 11) is 0. The summed E-state index contributed by atoms with van der Waals surface area (Å²) >= 11 is 0. The normalized spacial score (nSPS) is 26.8. The van der Waals surface area contributed by atoms with Gasteiger partial charge in [-0.15, -0.1) is 0 Å². The van der Waals surface area contributed by atoms with Crippen LogP contribution in [0.15, 0.2) is 24.3 Å². The molecule has 1 N–H and O–H groups in total. The molecule has 0 amide bonds. The molecule has 1 unspecified atom stereocenters. The van der Waals surface area contributed by atoms with Crippen molar-refractivity contribution in [1.29, 1.82) is 0 Å². The second-order valence-corrected chi connectivity index (χ2v) is 6.17. The van der Waals surface area contributed by atoms with Crippen LogP contribution in [0.25, 0.3) is 0 Å². The van der Waals surface area contributed by atoms with Crippen LogP contribution in [-0.4, -0.2) is 12.6 Å². The maximum absolute atomic E-state index is 3.75. The fourth-order valence-electron chi connectivity index (χ4n) is 2.94. The quantitative estimate of drug-likeness (QED) is 0.817. The first-order valence-electron chi connectivity index (χ1n) is 6.45. The van der Waals surface area contributed by atoms with Crippen LogP contribution in [0.1, 0.15) is 31.4 Å². The van der Waals surface area contributed by atoms with Gasteiger partial charge in [0, 0.05) is 6.04 Å². The Balaban J connectivity index is 1.53. The zero-order valence-electron chi connectivity index (χ0n) is 10.3. The lowest BCUT2D eigenvalue weighted by molar-refractivity contribution is 0.468. The Hall–Kier alpha value is -0.820. The van der Waals surface area contributed by atoms with Gasteiger partial charge < -0.3 is 5.32 Å². The van der Waals surface area contributed by atoms with Crippen LogP contribution in [0.5, 0.6) is 0 Å². The zero-order chi connectivity index (χ0) is 11.2. The lowest BCUT2D eigenvalue weighted by Crippen LogP contribution is -2.31. The first-order chi connectivity index (χ1) is 7.65. The van der Waals surface area contributed by atoms with Crippen LogP contribution < -0.4 is 5.32 Å². The second kappa shape index (κ2) is 3.59. The van der Waals surface area contributed by atoms with Gasteiger partial charge in [0.25, 0.3) is 0 Å². The predicted octanol–water partition coefficient (Wildman–Crippen LogP) is 2.79. The van der Waals surface area contributed by atoms with E-state index in [0.29, 0.717) is 11.5 Å². The van der Waals surface area contributed by atoms with Crippen molar-refractivity contribution in [3.05, 3.63) is 35.4 Å². The lowest BCUT2D eigenvalue weighted by Gasteiger charge is -2.12. The molecule has 0 spiro atoms. The Kier molecular flexibility index (Phi) is 2.32. The molecule has 0 saturated heterocycles. The zero-order valence-corrected chi connectivity index (χ0v) is 10.3. The third kappa shape index (κ3) is 1.89. The summed E-state index contributed by atoms with van der Waals surface area (Å²) in [6.45, 7) is 5.97.